The van der Waals surface area contributed by atoms with Crippen LogP contribution in [0.15, 0.2) is 29.2 Å². The molecule has 0 unspecified atom stereocenters. The van der Waals surface area contributed by atoms with Gasteiger partial charge in [0, 0.05) is 32.1 Å². The van der Waals surface area contributed by atoms with Crippen molar-refractivity contribution < 1.29 is 13.2 Å². The van der Waals surface area contributed by atoms with Crippen molar-refractivity contribution >= 4 is 15.9 Å². The van der Waals surface area contributed by atoms with Gasteiger partial charge in [-0.1, -0.05) is 24.1 Å². The highest BCUT2D eigenvalue weighted by atomic mass is 32.2. The van der Waals surface area contributed by atoms with E-state index in [1.54, 1.807) is 12.1 Å². The Hall–Kier alpha value is -1.44. The number of hydrogen-bond acceptors (Lipinski definition) is 4. The lowest BCUT2D eigenvalue weighted by molar-refractivity contribution is -0.131. The van der Waals surface area contributed by atoms with Crippen LogP contribution in [-0.4, -0.2) is 49.8 Å². The maximum absolute atomic E-state index is 12.7. The molecular formula is C18H27N3O3S. The van der Waals surface area contributed by atoms with Crippen LogP contribution in [0.4, 0.5) is 0 Å². The first-order valence-electron chi connectivity index (χ1n) is 9.09. The Bertz CT molecular complexity index is 689. The fourth-order valence-corrected chi connectivity index (χ4v) is 4.94. The number of nitrogens with one attached hydrogen (secondary N) is 1. The van der Waals surface area contributed by atoms with Crippen LogP contribution in [-0.2, 0) is 14.8 Å². The van der Waals surface area contributed by atoms with Crippen LogP contribution in [0.2, 0.25) is 0 Å². The summed E-state index contributed by atoms with van der Waals surface area (Å²) < 4.78 is 26.9. The van der Waals surface area contributed by atoms with E-state index in [4.69, 9.17) is 0 Å². The molecule has 0 radical (unpaired) electrons. The summed E-state index contributed by atoms with van der Waals surface area (Å²) in [4.78, 5) is 12.7. The number of rotatable bonds is 4. The van der Waals surface area contributed by atoms with Gasteiger partial charge in [0.25, 0.3) is 0 Å². The van der Waals surface area contributed by atoms with Crippen LogP contribution < -0.4 is 5.43 Å². The van der Waals surface area contributed by atoms with E-state index in [-0.39, 0.29) is 11.8 Å². The maximum Gasteiger partial charge on any atom is 0.243 e. The van der Waals surface area contributed by atoms with Crippen LogP contribution in [0.1, 0.15) is 37.7 Å². The first-order chi connectivity index (χ1) is 12.0. The van der Waals surface area contributed by atoms with Crippen molar-refractivity contribution in [2.24, 2.45) is 5.92 Å². The van der Waals surface area contributed by atoms with Crippen molar-refractivity contribution in [1.82, 2.24) is 14.7 Å². The van der Waals surface area contributed by atoms with Crippen LogP contribution in [0.5, 0.6) is 0 Å². The number of sulfonamides is 1. The van der Waals surface area contributed by atoms with Crippen LogP contribution in [0.3, 0.4) is 0 Å². The molecule has 6 nitrogen and oxygen atoms in total. The number of piperidine rings is 2. The Labute approximate surface area is 150 Å². The van der Waals surface area contributed by atoms with Gasteiger partial charge in [0.15, 0.2) is 0 Å². The van der Waals surface area contributed by atoms with Gasteiger partial charge < -0.3 is 0 Å². The molecule has 0 saturated carbocycles. The summed E-state index contributed by atoms with van der Waals surface area (Å²) in [5.41, 5.74) is 4.04. The highest BCUT2D eigenvalue weighted by molar-refractivity contribution is 7.89. The Morgan fingerprint density at radius 3 is 2.20 bits per heavy atom. The molecule has 2 saturated heterocycles. The molecule has 2 aliphatic heterocycles. The van der Waals surface area contributed by atoms with Gasteiger partial charge in [0.2, 0.25) is 15.9 Å². The molecule has 0 aliphatic carbocycles. The van der Waals surface area contributed by atoms with Gasteiger partial charge in [0.1, 0.15) is 0 Å². The molecule has 0 spiro atoms. The quantitative estimate of drug-likeness (QED) is 0.885. The van der Waals surface area contributed by atoms with Gasteiger partial charge in [-0.05, 0) is 44.7 Å². The number of aryl methyl sites for hydroxylation is 1. The normalized spacial score (nSPS) is 21.2. The highest BCUT2D eigenvalue weighted by Crippen LogP contribution is 2.24. The van der Waals surface area contributed by atoms with Gasteiger partial charge >= 0.3 is 0 Å². The zero-order chi connectivity index (χ0) is 17.9. The topological polar surface area (TPSA) is 69.7 Å². The van der Waals surface area contributed by atoms with Gasteiger partial charge in [-0.2, -0.15) is 4.31 Å². The molecule has 1 aromatic rings. The average molecular weight is 365 g/mol. The number of amides is 1. The zero-order valence-corrected chi connectivity index (χ0v) is 15.6. The highest BCUT2D eigenvalue weighted by Gasteiger charge is 2.32. The molecule has 138 valence electrons. The number of carbonyl (C=O) groups excluding carboxylic acids is 1. The molecule has 1 amide bonds. The second-order valence-corrected chi connectivity index (χ2v) is 8.95. The maximum atomic E-state index is 12.7. The summed E-state index contributed by atoms with van der Waals surface area (Å²) in [7, 11) is -3.46. The Morgan fingerprint density at radius 2 is 1.60 bits per heavy atom. The summed E-state index contributed by atoms with van der Waals surface area (Å²) in [5.74, 6) is -0.0688. The summed E-state index contributed by atoms with van der Waals surface area (Å²) in [5, 5.41) is 2.00. The lowest BCUT2D eigenvalue weighted by Crippen LogP contribution is -2.49. The fourth-order valence-electron chi connectivity index (χ4n) is 3.47. The van der Waals surface area contributed by atoms with Gasteiger partial charge in [-0.15, -0.1) is 0 Å². The number of carbonyl (C=O) groups is 1. The van der Waals surface area contributed by atoms with E-state index in [1.807, 2.05) is 24.1 Å². The van der Waals surface area contributed by atoms with Crippen molar-refractivity contribution in [3.63, 3.8) is 0 Å². The van der Waals surface area contributed by atoms with Gasteiger partial charge in [-0.3, -0.25) is 10.2 Å². The minimum Gasteiger partial charge on any atom is -0.289 e. The predicted octanol–water partition coefficient (Wildman–Crippen LogP) is 1.91. The lowest BCUT2D eigenvalue weighted by Gasteiger charge is -2.33. The third kappa shape index (κ3) is 4.40. The van der Waals surface area contributed by atoms with Crippen LogP contribution in [0, 0.1) is 12.8 Å². The number of benzene rings is 1. The molecule has 2 heterocycles. The molecule has 2 fully saturated rings. The Morgan fingerprint density at radius 1 is 1.00 bits per heavy atom. The van der Waals surface area contributed by atoms with E-state index in [2.05, 4.69) is 5.43 Å². The lowest BCUT2D eigenvalue weighted by atomic mass is 9.97. The second-order valence-electron chi connectivity index (χ2n) is 7.02. The van der Waals surface area contributed by atoms with Gasteiger partial charge in [0.05, 0.1) is 4.90 Å². The summed E-state index contributed by atoms with van der Waals surface area (Å²) in [6.07, 6.45) is 4.61. The molecule has 2 aliphatic rings. The minimum absolute atomic E-state index is 0.0364. The van der Waals surface area contributed by atoms with Crippen molar-refractivity contribution in [2.75, 3.05) is 26.2 Å². The molecule has 3 rings (SSSR count). The molecule has 1 N–H and O–H groups in total. The minimum atomic E-state index is -3.46. The first-order valence-corrected chi connectivity index (χ1v) is 10.5. The molecule has 0 aromatic heterocycles. The van der Waals surface area contributed by atoms with Crippen molar-refractivity contribution in [3.8, 4) is 0 Å². The van der Waals surface area contributed by atoms with Crippen LogP contribution >= 0.6 is 0 Å². The smallest absolute Gasteiger partial charge is 0.243 e. The molecule has 0 atom stereocenters. The Kier molecular flexibility index (Phi) is 5.76. The van der Waals surface area contributed by atoms with E-state index in [9.17, 15) is 13.2 Å². The summed E-state index contributed by atoms with van der Waals surface area (Å²) in [6.45, 7) is 4.55. The average Bonchev–Trinajstić information content (AvgIpc) is 2.63. The molecule has 7 heteroatoms. The standard InChI is InChI=1S/C18H27N3O3S/c1-15-5-7-17(8-6-15)25(23,24)21-13-9-16(10-14-21)18(22)19-20-11-3-2-4-12-20/h5-8,16H,2-4,9-14H2,1H3,(H,19,22). The predicted molar refractivity (Wildman–Crippen MR) is 96.2 cm³/mol. The van der Waals surface area contributed by atoms with Crippen molar-refractivity contribution in [2.45, 2.75) is 43.9 Å². The van der Waals surface area contributed by atoms with E-state index in [1.165, 1.54) is 10.7 Å². The van der Waals surface area contributed by atoms with E-state index in [0.717, 1.165) is 31.5 Å². The zero-order valence-electron chi connectivity index (χ0n) is 14.8. The van der Waals surface area contributed by atoms with E-state index < -0.39 is 10.0 Å². The molecule has 25 heavy (non-hydrogen) atoms. The van der Waals surface area contributed by atoms with Crippen molar-refractivity contribution in [1.29, 1.82) is 0 Å². The number of hydrazine groups is 1. The number of nitrogens with zero attached hydrogens (tertiary/aromatic N) is 2. The largest absolute Gasteiger partial charge is 0.289 e. The SMILES string of the molecule is Cc1ccc(S(=O)(=O)N2CCC(C(=O)NN3CCCCC3)CC2)cc1. The third-order valence-electron chi connectivity index (χ3n) is 5.11. The van der Waals surface area contributed by atoms with Crippen molar-refractivity contribution in [3.05, 3.63) is 29.8 Å². The Balaban J connectivity index is 1.55. The van der Waals surface area contributed by atoms with Gasteiger partial charge in [-0.25, -0.2) is 13.4 Å². The molecule has 1 aromatic carbocycles. The first kappa shape index (κ1) is 18.4. The van der Waals surface area contributed by atoms with Crippen LogP contribution in [0.25, 0.3) is 0 Å². The monoisotopic (exact) mass is 365 g/mol. The summed E-state index contributed by atoms with van der Waals surface area (Å²) in [6, 6.07) is 6.93. The van der Waals surface area contributed by atoms with E-state index in [0.29, 0.717) is 30.8 Å². The second kappa shape index (κ2) is 7.85. The van der Waals surface area contributed by atoms with E-state index >= 15 is 0 Å². The third-order valence-corrected chi connectivity index (χ3v) is 7.02. The fraction of sp³-hybridized carbons (Fsp3) is 0.611. The summed E-state index contributed by atoms with van der Waals surface area (Å²) >= 11 is 0. The molecular weight excluding hydrogens is 338 g/mol. The number of hydrogen-bond donors (Lipinski definition) is 1. The molecule has 0 bridgehead atoms.